The number of allylic oxidation sites excluding steroid dienone is 1. The minimum Gasteiger partial charge on any atom is -0.103 e. The zero-order valence-electron chi connectivity index (χ0n) is 24.6. The molecule has 0 N–H and O–H groups in total. The first kappa shape index (κ1) is 26.5. The Morgan fingerprint density at radius 1 is 0.700 bits per heavy atom. The van der Waals surface area contributed by atoms with Crippen molar-refractivity contribution in [1.29, 1.82) is 0 Å². The van der Waals surface area contributed by atoms with Crippen molar-refractivity contribution < 1.29 is 0 Å². The first-order chi connectivity index (χ1) is 19.1. The van der Waals surface area contributed by atoms with E-state index in [1.54, 1.807) is 11.4 Å². The molecule has 0 saturated carbocycles. The van der Waals surface area contributed by atoms with E-state index < -0.39 is 0 Å². The maximum atomic E-state index is 3.95. The van der Waals surface area contributed by atoms with Crippen molar-refractivity contribution >= 4 is 32.9 Å². The molecule has 0 radical (unpaired) electrons. The van der Waals surface area contributed by atoms with Gasteiger partial charge in [-0.25, -0.2) is 0 Å². The molecule has 0 nitrogen and oxygen atoms in total. The summed E-state index contributed by atoms with van der Waals surface area (Å²) in [6.45, 7) is 15.9. The van der Waals surface area contributed by atoms with E-state index in [-0.39, 0.29) is 11.3 Å². The minimum atomic E-state index is 0.121. The summed E-state index contributed by atoms with van der Waals surface area (Å²) in [5.41, 5.74) is 18.6. The van der Waals surface area contributed by atoms with Crippen LogP contribution in [0, 0.1) is 27.7 Å². The molecule has 2 aliphatic rings. The van der Waals surface area contributed by atoms with Crippen LogP contribution in [-0.4, -0.2) is 5.37 Å². The van der Waals surface area contributed by atoms with Gasteiger partial charge in [0.15, 0.2) is 5.37 Å². The molecule has 198 valence electrons. The van der Waals surface area contributed by atoms with Crippen LogP contribution in [0.2, 0.25) is 0 Å². The van der Waals surface area contributed by atoms with E-state index in [0.717, 1.165) is 0 Å². The van der Waals surface area contributed by atoms with Crippen LogP contribution < -0.4 is 10.4 Å². The van der Waals surface area contributed by atoms with Crippen molar-refractivity contribution in [3.63, 3.8) is 0 Å². The molecule has 0 unspecified atom stereocenters. The third-order valence-electron chi connectivity index (χ3n) is 8.42. The Bertz CT molecular complexity index is 1780. The lowest BCUT2D eigenvalue weighted by Gasteiger charge is -2.33. The monoisotopic (exact) mass is 537 g/mol. The van der Waals surface area contributed by atoms with Gasteiger partial charge in [0, 0.05) is 34.1 Å². The fraction of sp³-hybridized carbons (Fsp3) is 0.231. The Hall–Kier alpha value is -3.77. The molecular weight excluding hydrogens is 500 g/mol. The third kappa shape index (κ3) is 4.54. The summed E-state index contributed by atoms with van der Waals surface area (Å²) < 4.78 is 0. The predicted molar refractivity (Wildman–Crippen MR) is 176 cm³/mol. The molecule has 4 aromatic rings. The van der Waals surface area contributed by atoms with Gasteiger partial charge in [0.1, 0.15) is 0 Å². The molecule has 0 aromatic heterocycles. The van der Waals surface area contributed by atoms with Gasteiger partial charge in [-0.1, -0.05) is 81.4 Å². The highest BCUT2D eigenvalue weighted by Gasteiger charge is 2.32. The normalized spacial score (nSPS) is 15.7. The van der Waals surface area contributed by atoms with Crippen LogP contribution in [-0.2, 0) is 16.8 Å². The smallest absolute Gasteiger partial charge is 0.103 e. The lowest BCUT2D eigenvalue weighted by atomic mass is 9.70. The topological polar surface area (TPSA) is 0 Å². The molecule has 1 aliphatic carbocycles. The van der Waals surface area contributed by atoms with Gasteiger partial charge >= 0.3 is 0 Å². The summed E-state index contributed by atoms with van der Waals surface area (Å²) in [6.07, 6.45) is 4.32. The fourth-order valence-corrected chi connectivity index (χ4v) is 7.16. The van der Waals surface area contributed by atoms with Crippen LogP contribution >= 0.6 is 0 Å². The molecule has 40 heavy (non-hydrogen) atoms. The minimum absolute atomic E-state index is 0.121. The molecule has 1 heterocycles. The second-order valence-corrected chi connectivity index (χ2v) is 13.3. The molecule has 0 fully saturated rings. The number of aryl methyl sites for hydroxylation is 4. The highest BCUT2D eigenvalue weighted by atomic mass is 32.1. The van der Waals surface area contributed by atoms with Crippen LogP contribution in [0.1, 0.15) is 82.3 Å². The van der Waals surface area contributed by atoms with E-state index in [9.17, 15) is 0 Å². The van der Waals surface area contributed by atoms with Crippen molar-refractivity contribution in [3.05, 3.63) is 151 Å². The van der Waals surface area contributed by atoms with Crippen LogP contribution in [0.25, 0.3) is 16.2 Å². The molecule has 4 aromatic carbocycles. The van der Waals surface area contributed by atoms with E-state index in [0.29, 0.717) is 0 Å². The Morgan fingerprint density at radius 3 is 1.75 bits per heavy atom. The Morgan fingerprint density at radius 2 is 1.25 bits per heavy atom. The van der Waals surface area contributed by atoms with E-state index in [2.05, 4.69) is 145 Å². The van der Waals surface area contributed by atoms with Crippen molar-refractivity contribution in [1.82, 2.24) is 0 Å². The molecule has 1 heteroatoms. The molecule has 0 amide bonds. The van der Waals surface area contributed by atoms with Crippen molar-refractivity contribution in [2.75, 3.05) is 0 Å². The van der Waals surface area contributed by atoms with Crippen molar-refractivity contribution in [2.45, 2.75) is 59.8 Å². The Kier molecular flexibility index (Phi) is 6.62. The zero-order chi connectivity index (χ0) is 28.2. The molecule has 0 bridgehead atoms. The zero-order valence-corrected chi connectivity index (χ0v) is 25.5. The SMILES string of the molecule is Cc1cc(C(C)(C)C)cc(C)c1C1c2ccccc2C(=C=c2c(C)cc(=C3C=CC=[S+]3)cc2C)c2ccccc21. The number of hydrogen-bond donors (Lipinski definition) is 0. The fourth-order valence-electron chi connectivity index (χ4n) is 6.44. The summed E-state index contributed by atoms with van der Waals surface area (Å²) >= 11 is 1.79. The van der Waals surface area contributed by atoms with Gasteiger partial charge in [-0.15, -0.1) is 5.73 Å². The standard InChI is InChI=1S/C39H37S/c1-24-19-28(36-17-12-18-40-36)20-25(2)34(24)23-35-30-13-8-10-15-32(30)38(33-16-11-9-14-31(33)35)37-26(3)21-29(22-27(37)4)39(5,6)7/h8-22,38H,1-7H3/q+1. The lowest BCUT2D eigenvalue weighted by molar-refractivity contribution is 0.588. The van der Waals surface area contributed by atoms with Gasteiger partial charge in [0.2, 0.25) is 16.3 Å². The summed E-state index contributed by atoms with van der Waals surface area (Å²) in [5, 5.41) is 4.63. The average molecular weight is 538 g/mol. The summed E-state index contributed by atoms with van der Waals surface area (Å²) in [7, 11) is 0. The number of benzene rings is 4. The van der Waals surface area contributed by atoms with E-state index in [4.69, 9.17) is 0 Å². The molecule has 0 spiro atoms. The molecule has 1 aliphatic heterocycles. The Labute approximate surface area is 243 Å². The lowest BCUT2D eigenvalue weighted by Crippen LogP contribution is -2.19. The summed E-state index contributed by atoms with van der Waals surface area (Å²) in [4.78, 5) is 1.31. The largest absolute Gasteiger partial charge is 0.238 e. The van der Waals surface area contributed by atoms with Crippen LogP contribution in [0.3, 0.4) is 0 Å². The number of hydrogen-bond acceptors (Lipinski definition) is 0. The van der Waals surface area contributed by atoms with Crippen molar-refractivity contribution in [2.24, 2.45) is 0 Å². The first-order valence-electron chi connectivity index (χ1n) is 14.2. The Balaban J connectivity index is 1.65. The van der Waals surface area contributed by atoms with E-state index in [1.165, 1.54) is 76.6 Å². The number of rotatable bonds is 1. The van der Waals surface area contributed by atoms with Gasteiger partial charge in [-0.05, 0) is 101 Å². The van der Waals surface area contributed by atoms with E-state index >= 15 is 0 Å². The summed E-state index contributed by atoms with van der Waals surface area (Å²) in [5.74, 6) is 0.190. The van der Waals surface area contributed by atoms with Crippen LogP contribution in [0.4, 0.5) is 0 Å². The molecule has 0 atom stereocenters. The van der Waals surface area contributed by atoms with Gasteiger partial charge < -0.3 is 0 Å². The van der Waals surface area contributed by atoms with Crippen LogP contribution in [0.5, 0.6) is 0 Å². The first-order valence-corrected chi connectivity index (χ1v) is 15.1. The van der Waals surface area contributed by atoms with E-state index in [1.807, 2.05) is 0 Å². The predicted octanol–water partition coefficient (Wildman–Crippen LogP) is 7.79. The molecule has 6 rings (SSSR count). The quantitative estimate of drug-likeness (QED) is 0.151. The van der Waals surface area contributed by atoms with Gasteiger partial charge in [-0.2, -0.15) is 0 Å². The highest BCUT2D eigenvalue weighted by Crippen LogP contribution is 2.47. The second kappa shape index (κ2) is 10.0. The molecule has 0 saturated heterocycles. The van der Waals surface area contributed by atoms with Gasteiger partial charge in [0.05, 0.1) is 0 Å². The van der Waals surface area contributed by atoms with Crippen LogP contribution in [0.15, 0.2) is 84.9 Å². The van der Waals surface area contributed by atoms with Crippen molar-refractivity contribution in [3.8, 4) is 0 Å². The second-order valence-electron chi connectivity index (χ2n) is 12.3. The van der Waals surface area contributed by atoms with Gasteiger partial charge in [0.25, 0.3) is 0 Å². The molecular formula is C39H37S+. The van der Waals surface area contributed by atoms with Gasteiger partial charge in [-0.3, -0.25) is 0 Å². The summed E-state index contributed by atoms with van der Waals surface area (Å²) in [6, 6.07) is 27.4. The third-order valence-corrected chi connectivity index (χ3v) is 9.34. The number of fused-ring (bicyclic) bond motifs is 2. The average Bonchev–Trinajstić information content (AvgIpc) is 3.45. The maximum Gasteiger partial charge on any atom is 0.238 e. The maximum absolute atomic E-state index is 3.95. The highest BCUT2D eigenvalue weighted by molar-refractivity contribution is 7.87.